The number of hydrogen-bond acceptors (Lipinski definition) is 6. The number of rotatable bonds is 4. The summed E-state index contributed by atoms with van der Waals surface area (Å²) in [5.74, 6) is 0.480. The zero-order valence-electron chi connectivity index (χ0n) is 15.1. The van der Waals surface area contributed by atoms with Gasteiger partial charge in [0.2, 0.25) is 5.95 Å². The van der Waals surface area contributed by atoms with Gasteiger partial charge in [-0.2, -0.15) is 0 Å². The molecule has 1 aliphatic rings. The lowest BCUT2D eigenvalue weighted by Crippen LogP contribution is -2.20. The maximum atomic E-state index is 12.5. The Kier molecular flexibility index (Phi) is 4.84. The van der Waals surface area contributed by atoms with E-state index in [1.165, 1.54) is 6.20 Å². The summed E-state index contributed by atoms with van der Waals surface area (Å²) in [5.41, 5.74) is 1.48. The maximum Gasteiger partial charge on any atom is 0.253 e. The molecule has 28 heavy (non-hydrogen) atoms. The minimum atomic E-state index is -3.16. The zero-order valence-corrected chi connectivity index (χ0v) is 16.7. The Balaban J connectivity index is 1.63. The van der Waals surface area contributed by atoms with Crippen LogP contribution in [0.25, 0.3) is 10.9 Å². The lowest BCUT2D eigenvalue weighted by molar-refractivity contribution is 0.590. The minimum absolute atomic E-state index is 0.190. The van der Waals surface area contributed by atoms with E-state index in [1.807, 2.05) is 6.92 Å². The van der Waals surface area contributed by atoms with Gasteiger partial charge >= 0.3 is 0 Å². The molecule has 1 aliphatic heterocycles. The molecule has 1 saturated heterocycles. The number of fused-ring (bicyclic) bond motifs is 1. The topological polar surface area (TPSA) is 105 Å². The quantitative estimate of drug-likeness (QED) is 0.672. The molecule has 2 atom stereocenters. The van der Waals surface area contributed by atoms with E-state index in [4.69, 9.17) is 11.6 Å². The number of H-pyrrole nitrogens is 1. The fourth-order valence-corrected chi connectivity index (χ4v) is 5.59. The average molecular weight is 419 g/mol. The molecule has 3 heterocycles. The third kappa shape index (κ3) is 3.62. The number of anilines is 1. The van der Waals surface area contributed by atoms with E-state index in [0.717, 1.165) is 5.39 Å². The van der Waals surface area contributed by atoms with Gasteiger partial charge in [-0.25, -0.2) is 18.4 Å². The molecule has 7 nitrogen and oxygen atoms in total. The van der Waals surface area contributed by atoms with E-state index >= 15 is 0 Å². The van der Waals surface area contributed by atoms with Crippen molar-refractivity contribution in [2.75, 3.05) is 11.1 Å². The summed E-state index contributed by atoms with van der Waals surface area (Å²) in [6.07, 6.45) is 2.75. The highest BCUT2D eigenvalue weighted by Crippen LogP contribution is 2.33. The van der Waals surface area contributed by atoms with Crippen molar-refractivity contribution in [1.82, 2.24) is 15.0 Å². The lowest BCUT2D eigenvalue weighted by atomic mass is 10.1. The fraction of sp³-hybridized carbons (Fsp3) is 0.316. The second-order valence-electron chi connectivity index (χ2n) is 6.95. The van der Waals surface area contributed by atoms with Crippen molar-refractivity contribution in [1.29, 1.82) is 0 Å². The van der Waals surface area contributed by atoms with Crippen LogP contribution in [0.3, 0.4) is 0 Å². The molecule has 1 aromatic carbocycles. The van der Waals surface area contributed by atoms with Crippen LogP contribution in [0.5, 0.6) is 0 Å². The van der Waals surface area contributed by atoms with Gasteiger partial charge in [0.1, 0.15) is 5.25 Å². The van der Waals surface area contributed by atoms with Crippen LogP contribution in [0.1, 0.15) is 42.3 Å². The van der Waals surface area contributed by atoms with Crippen molar-refractivity contribution in [3.63, 3.8) is 0 Å². The van der Waals surface area contributed by atoms with Gasteiger partial charge < -0.3 is 10.3 Å². The van der Waals surface area contributed by atoms with E-state index in [2.05, 4.69) is 20.3 Å². The number of sulfone groups is 1. The molecule has 4 rings (SSSR count). The predicted molar refractivity (Wildman–Crippen MR) is 109 cm³/mol. The summed E-state index contributed by atoms with van der Waals surface area (Å²) in [7, 11) is -3.16. The Morgan fingerprint density at radius 3 is 2.86 bits per heavy atom. The van der Waals surface area contributed by atoms with Crippen LogP contribution in [-0.2, 0) is 9.84 Å². The van der Waals surface area contributed by atoms with Gasteiger partial charge in [0.05, 0.1) is 17.5 Å². The number of nitrogens with one attached hydrogen (secondary N) is 2. The van der Waals surface area contributed by atoms with Crippen molar-refractivity contribution >= 4 is 38.3 Å². The number of pyridine rings is 1. The number of hydrogen-bond donors (Lipinski definition) is 2. The van der Waals surface area contributed by atoms with Gasteiger partial charge in [-0.15, -0.1) is 0 Å². The van der Waals surface area contributed by atoms with E-state index in [1.54, 1.807) is 30.3 Å². The minimum Gasteiger partial charge on any atom is -0.347 e. The predicted octanol–water partition coefficient (Wildman–Crippen LogP) is 3.39. The number of halogens is 1. The molecule has 1 fully saturated rings. The SMILES string of the molecule is C[C@H](Nc1nccc(C2CCCS2(=O)=O)n1)c1cc2cc(Cl)ccc2[nH]c1=O. The molecule has 1 unspecified atom stereocenters. The van der Waals surface area contributed by atoms with Crippen molar-refractivity contribution in [2.45, 2.75) is 31.1 Å². The second-order valence-corrected chi connectivity index (χ2v) is 9.69. The normalized spacial score (nSPS) is 19.6. The van der Waals surface area contributed by atoms with Crippen LogP contribution >= 0.6 is 11.6 Å². The standard InChI is InChI=1S/C19H19ClN4O3S/c1-11(14-10-12-9-13(20)4-5-15(12)23-18(14)25)22-19-21-7-6-16(24-19)17-3-2-8-28(17,26)27/h4-7,9-11,17H,2-3,8H2,1H3,(H,23,25)(H,21,22,24)/t11-,17?/m0/s1. The van der Waals surface area contributed by atoms with Crippen molar-refractivity contribution in [2.24, 2.45) is 0 Å². The molecular weight excluding hydrogens is 400 g/mol. The van der Waals surface area contributed by atoms with Crippen LogP contribution in [0.4, 0.5) is 5.95 Å². The third-order valence-electron chi connectivity index (χ3n) is 4.98. The highest BCUT2D eigenvalue weighted by Gasteiger charge is 2.33. The van der Waals surface area contributed by atoms with Crippen molar-refractivity contribution < 1.29 is 8.42 Å². The van der Waals surface area contributed by atoms with Gasteiger partial charge in [-0.05, 0) is 50.1 Å². The molecule has 0 aliphatic carbocycles. The summed E-state index contributed by atoms with van der Waals surface area (Å²) in [6, 6.07) is 8.29. The number of aromatic nitrogens is 3. The van der Waals surface area contributed by atoms with Gasteiger partial charge in [0.25, 0.3) is 5.56 Å². The van der Waals surface area contributed by atoms with Crippen LogP contribution in [0.15, 0.2) is 41.3 Å². The van der Waals surface area contributed by atoms with Crippen LogP contribution in [0, 0.1) is 0 Å². The average Bonchev–Trinajstić information content (AvgIpc) is 3.00. The molecule has 0 spiro atoms. The second kappa shape index (κ2) is 7.18. The van der Waals surface area contributed by atoms with Crippen LogP contribution in [0.2, 0.25) is 5.02 Å². The first-order valence-electron chi connectivity index (χ1n) is 8.97. The zero-order chi connectivity index (χ0) is 19.9. The Hall–Kier alpha value is -2.45. The molecule has 0 radical (unpaired) electrons. The van der Waals surface area contributed by atoms with E-state index in [-0.39, 0.29) is 23.3 Å². The molecule has 146 valence electrons. The van der Waals surface area contributed by atoms with Gasteiger partial charge in [0.15, 0.2) is 9.84 Å². The summed E-state index contributed by atoms with van der Waals surface area (Å²) in [5, 5.41) is 3.92. The van der Waals surface area contributed by atoms with Crippen LogP contribution in [-0.4, -0.2) is 29.1 Å². The summed E-state index contributed by atoms with van der Waals surface area (Å²) >= 11 is 6.05. The number of nitrogens with zero attached hydrogens (tertiary/aromatic N) is 2. The molecular formula is C19H19ClN4O3S. The van der Waals surface area contributed by atoms with Gasteiger partial charge in [-0.3, -0.25) is 4.79 Å². The third-order valence-corrected chi connectivity index (χ3v) is 7.42. The smallest absolute Gasteiger partial charge is 0.253 e. The molecule has 9 heteroatoms. The van der Waals surface area contributed by atoms with E-state index in [0.29, 0.717) is 34.6 Å². The Bertz CT molecular complexity index is 1210. The first-order valence-corrected chi connectivity index (χ1v) is 11.1. The Labute approximate surface area is 167 Å². The van der Waals surface area contributed by atoms with E-state index < -0.39 is 15.1 Å². The summed E-state index contributed by atoms with van der Waals surface area (Å²) in [4.78, 5) is 23.9. The summed E-state index contributed by atoms with van der Waals surface area (Å²) in [6.45, 7) is 1.82. The fourth-order valence-electron chi connectivity index (χ4n) is 3.53. The molecule has 3 aromatic rings. The molecule has 2 aromatic heterocycles. The number of benzene rings is 1. The monoisotopic (exact) mass is 418 g/mol. The highest BCUT2D eigenvalue weighted by atomic mass is 35.5. The Morgan fingerprint density at radius 2 is 2.11 bits per heavy atom. The first kappa shape index (κ1) is 18.9. The lowest BCUT2D eigenvalue weighted by Gasteiger charge is -2.16. The number of aromatic amines is 1. The largest absolute Gasteiger partial charge is 0.347 e. The van der Waals surface area contributed by atoms with Crippen molar-refractivity contribution in [3.8, 4) is 0 Å². The van der Waals surface area contributed by atoms with Gasteiger partial charge in [0, 0.05) is 27.7 Å². The molecule has 0 bridgehead atoms. The first-order chi connectivity index (χ1) is 13.3. The van der Waals surface area contributed by atoms with Crippen LogP contribution < -0.4 is 10.9 Å². The highest BCUT2D eigenvalue weighted by molar-refractivity contribution is 7.91. The molecule has 0 saturated carbocycles. The van der Waals surface area contributed by atoms with E-state index in [9.17, 15) is 13.2 Å². The van der Waals surface area contributed by atoms with Crippen molar-refractivity contribution in [3.05, 3.63) is 63.2 Å². The molecule has 0 amide bonds. The van der Waals surface area contributed by atoms with Gasteiger partial charge in [-0.1, -0.05) is 11.6 Å². The maximum absolute atomic E-state index is 12.5. The molecule has 2 N–H and O–H groups in total. The Morgan fingerprint density at radius 1 is 1.29 bits per heavy atom. The summed E-state index contributed by atoms with van der Waals surface area (Å²) < 4.78 is 24.4.